The molecule has 1 saturated heterocycles. The second kappa shape index (κ2) is 6.30. The Labute approximate surface area is 106 Å². The molecule has 1 atom stereocenters. The van der Waals surface area contributed by atoms with Gasteiger partial charge in [0.2, 0.25) is 0 Å². The molecule has 1 rings (SSSR count). The van der Waals surface area contributed by atoms with Gasteiger partial charge < -0.3 is 4.74 Å². The van der Waals surface area contributed by atoms with E-state index < -0.39 is 10.2 Å². The predicted octanol–water partition coefficient (Wildman–Crippen LogP) is 0.669. The highest BCUT2D eigenvalue weighted by Gasteiger charge is 2.30. The zero-order valence-corrected chi connectivity index (χ0v) is 12.1. The number of nitrogens with zero attached hydrogens (tertiary/aromatic N) is 2. The summed E-state index contributed by atoms with van der Waals surface area (Å²) in [4.78, 5) is 0.0277. The normalized spacial score (nSPS) is 20.5. The van der Waals surface area contributed by atoms with E-state index in [9.17, 15) is 8.42 Å². The van der Waals surface area contributed by atoms with Crippen molar-refractivity contribution in [1.29, 1.82) is 0 Å². The zero-order valence-electron chi connectivity index (χ0n) is 9.73. The molecule has 0 aliphatic carbocycles. The van der Waals surface area contributed by atoms with Crippen molar-refractivity contribution in [2.24, 2.45) is 0 Å². The highest BCUT2D eigenvalue weighted by atomic mass is 79.9. The maximum atomic E-state index is 12.1. The minimum Gasteiger partial charge on any atom is -0.383 e. The number of alkyl halides is 1. The first kappa shape index (κ1) is 14.4. The first-order valence-electron chi connectivity index (χ1n) is 5.33. The Morgan fingerprint density at radius 1 is 1.44 bits per heavy atom. The zero-order chi connectivity index (χ0) is 12.2. The highest BCUT2D eigenvalue weighted by molar-refractivity contribution is 9.09. The van der Waals surface area contributed by atoms with Gasteiger partial charge in [-0.1, -0.05) is 15.9 Å². The SMILES string of the molecule is COCC(Br)CN(C)S(=O)(=O)N1CCCC1. The van der Waals surface area contributed by atoms with Crippen LogP contribution in [0.3, 0.4) is 0 Å². The van der Waals surface area contributed by atoms with Crippen LogP contribution < -0.4 is 0 Å². The monoisotopic (exact) mass is 314 g/mol. The molecule has 0 spiro atoms. The van der Waals surface area contributed by atoms with Gasteiger partial charge in [0.25, 0.3) is 10.2 Å². The number of halogens is 1. The third-order valence-corrected chi connectivity index (χ3v) is 5.10. The van der Waals surface area contributed by atoms with Crippen molar-refractivity contribution in [2.45, 2.75) is 17.7 Å². The minimum absolute atomic E-state index is 0.0277. The summed E-state index contributed by atoms with van der Waals surface area (Å²) in [6, 6.07) is 0. The molecule has 0 amide bonds. The van der Waals surface area contributed by atoms with Crippen LogP contribution in [0.5, 0.6) is 0 Å². The van der Waals surface area contributed by atoms with Crippen molar-refractivity contribution in [3.05, 3.63) is 0 Å². The summed E-state index contributed by atoms with van der Waals surface area (Å²) in [5, 5.41) is 0. The van der Waals surface area contributed by atoms with E-state index in [-0.39, 0.29) is 4.83 Å². The van der Waals surface area contributed by atoms with Crippen molar-refractivity contribution < 1.29 is 13.2 Å². The minimum atomic E-state index is -3.27. The molecule has 1 heterocycles. The molecule has 1 fully saturated rings. The molecule has 0 saturated carbocycles. The Bertz CT molecular complexity index is 304. The van der Waals surface area contributed by atoms with Gasteiger partial charge in [-0.3, -0.25) is 0 Å². The third kappa shape index (κ3) is 3.66. The Morgan fingerprint density at radius 3 is 2.50 bits per heavy atom. The molecule has 96 valence electrons. The van der Waals surface area contributed by atoms with E-state index in [0.717, 1.165) is 12.8 Å². The van der Waals surface area contributed by atoms with Gasteiger partial charge in [0.05, 0.1) is 11.4 Å². The van der Waals surface area contributed by atoms with Gasteiger partial charge in [-0.25, -0.2) is 0 Å². The van der Waals surface area contributed by atoms with E-state index in [4.69, 9.17) is 4.74 Å². The highest BCUT2D eigenvalue weighted by Crippen LogP contribution is 2.16. The summed E-state index contributed by atoms with van der Waals surface area (Å²) >= 11 is 3.39. The summed E-state index contributed by atoms with van der Waals surface area (Å²) in [5.74, 6) is 0. The molecule has 1 aliphatic heterocycles. The summed E-state index contributed by atoms with van der Waals surface area (Å²) in [6.45, 7) is 2.21. The van der Waals surface area contributed by atoms with Gasteiger partial charge in [-0.15, -0.1) is 0 Å². The van der Waals surface area contributed by atoms with Crippen LogP contribution >= 0.6 is 15.9 Å². The standard InChI is InChI=1S/C9H19BrN2O3S/c1-11(7-9(10)8-15-2)16(13,14)12-5-3-4-6-12/h9H,3-8H2,1-2H3. The largest absolute Gasteiger partial charge is 0.383 e. The molecular weight excluding hydrogens is 296 g/mol. The predicted molar refractivity (Wildman–Crippen MR) is 66.9 cm³/mol. The average Bonchev–Trinajstić information content (AvgIpc) is 2.70. The maximum absolute atomic E-state index is 12.1. The van der Waals surface area contributed by atoms with E-state index in [1.54, 1.807) is 18.5 Å². The first-order chi connectivity index (χ1) is 7.48. The van der Waals surface area contributed by atoms with Crippen molar-refractivity contribution in [2.75, 3.05) is 40.4 Å². The lowest BCUT2D eigenvalue weighted by Gasteiger charge is -2.25. The van der Waals surface area contributed by atoms with Gasteiger partial charge in [0.1, 0.15) is 0 Å². The van der Waals surface area contributed by atoms with Crippen LogP contribution in [0.1, 0.15) is 12.8 Å². The van der Waals surface area contributed by atoms with E-state index in [1.165, 1.54) is 4.31 Å². The van der Waals surface area contributed by atoms with E-state index in [0.29, 0.717) is 26.2 Å². The van der Waals surface area contributed by atoms with E-state index >= 15 is 0 Å². The summed E-state index contributed by atoms with van der Waals surface area (Å²) in [7, 11) is -0.0618. The lowest BCUT2D eigenvalue weighted by atomic mass is 10.4. The Balaban J connectivity index is 2.54. The molecule has 0 aromatic carbocycles. The molecule has 0 bridgehead atoms. The van der Waals surface area contributed by atoms with Crippen LogP contribution in [-0.4, -0.2) is 62.3 Å². The Kier molecular flexibility index (Phi) is 5.66. The third-order valence-electron chi connectivity index (χ3n) is 2.59. The summed E-state index contributed by atoms with van der Waals surface area (Å²) in [6.07, 6.45) is 1.92. The van der Waals surface area contributed by atoms with Crippen molar-refractivity contribution >= 4 is 26.1 Å². The second-order valence-electron chi connectivity index (χ2n) is 3.95. The lowest BCUT2D eigenvalue weighted by Crippen LogP contribution is -2.43. The van der Waals surface area contributed by atoms with Crippen LogP contribution in [0.2, 0.25) is 0 Å². The van der Waals surface area contributed by atoms with Crippen molar-refractivity contribution in [3.63, 3.8) is 0 Å². The van der Waals surface area contributed by atoms with Gasteiger partial charge in [0.15, 0.2) is 0 Å². The molecule has 0 radical (unpaired) electrons. The lowest BCUT2D eigenvalue weighted by molar-refractivity contribution is 0.195. The number of rotatable bonds is 6. The van der Waals surface area contributed by atoms with Crippen LogP contribution in [-0.2, 0) is 14.9 Å². The molecule has 7 heteroatoms. The molecule has 1 aliphatic rings. The molecule has 0 N–H and O–H groups in total. The van der Waals surface area contributed by atoms with Crippen LogP contribution in [0.15, 0.2) is 0 Å². The quantitative estimate of drug-likeness (QED) is 0.677. The number of hydrogen-bond donors (Lipinski definition) is 0. The average molecular weight is 315 g/mol. The van der Waals surface area contributed by atoms with Crippen LogP contribution in [0.4, 0.5) is 0 Å². The van der Waals surface area contributed by atoms with E-state index in [1.807, 2.05) is 0 Å². The molecule has 16 heavy (non-hydrogen) atoms. The fourth-order valence-corrected chi connectivity index (χ4v) is 4.10. The smallest absolute Gasteiger partial charge is 0.281 e. The molecular formula is C9H19BrN2O3S. The van der Waals surface area contributed by atoms with Crippen LogP contribution in [0.25, 0.3) is 0 Å². The maximum Gasteiger partial charge on any atom is 0.281 e. The molecule has 0 aromatic heterocycles. The van der Waals surface area contributed by atoms with Gasteiger partial charge in [0, 0.05) is 33.8 Å². The van der Waals surface area contributed by atoms with Gasteiger partial charge in [-0.05, 0) is 12.8 Å². The Hall–Kier alpha value is 0.310. The fraction of sp³-hybridized carbons (Fsp3) is 1.00. The molecule has 0 aromatic rings. The van der Waals surface area contributed by atoms with E-state index in [2.05, 4.69) is 15.9 Å². The van der Waals surface area contributed by atoms with Gasteiger partial charge in [-0.2, -0.15) is 17.0 Å². The van der Waals surface area contributed by atoms with Gasteiger partial charge >= 0.3 is 0 Å². The second-order valence-corrected chi connectivity index (χ2v) is 7.28. The van der Waals surface area contributed by atoms with Crippen molar-refractivity contribution in [1.82, 2.24) is 8.61 Å². The van der Waals surface area contributed by atoms with Crippen LogP contribution in [0, 0.1) is 0 Å². The molecule has 5 nitrogen and oxygen atoms in total. The number of ether oxygens (including phenoxy) is 1. The first-order valence-corrected chi connectivity index (χ1v) is 7.64. The Morgan fingerprint density at radius 2 is 2.00 bits per heavy atom. The summed E-state index contributed by atoms with van der Waals surface area (Å²) < 4.78 is 32.0. The number of hydrogen-bond acceptors (Lipinski definition) is 3. The van der Waals surface area contributed by atoms with Crippen molar-refractivity contribution in [3.8, 4) is 0 Å². The molecule has 1 unspecified atom stereocenters. The summed E-state index contributed by atoms with van der Waals surface area (Å²) in [5.41, 5.74) is 0. The topological polar surface area (TPSA) is 49.9 Å². The fourth-order valence-electron chi connectivity index (χ4n) is 1.72. The number of methoxy groups -OCH3 is 1.